The average Bonchev–Trinajstić information content (AvgIpc) is 0.776. The molecular formula is C93H107Cl2F3N12O12S4. The molecule has 0 bridgehead atoms. The predicted octanol–water partition coefficient (Wildman–Crippen LogP) is 18.6. The van der Waals surface area contributed by atoms with Crippen molar-refractivity contribution in [2.75, 3.05) is 131 Å². The zero-order chi connectivity index (χ0) is 89.1. The molecule has 7 aromatic carbocycles. The molecule has 9 aromatic rings. The Morgan fingerprint density at radius 2 is 1.23 bits per heavy atom. The number of anilines is 4. The van der Waals surface area contributed by atoms with Crippen LogP contribution >= 0.6 is 35.0 Å². The van der Waals surface area contributed by atoms with Crippen molar-refractivity contribution in [3.8, 4) is 11.5 Å². The van der Waals surface area contributed by atoms with Gasteiger partial charge in [0.05, 0.1) is 45.4 Å². The number of aromatic nitrogens is 2. The predicted molar refractivity (Wildman–Crippen MR) is 492 cm³/mol. The number of aromatic amines is 1. The number of allylic oxidation sites excluding steroid dienone is 2. The van der Waals surface area contributed by atoms with Crippen LogP contribution in [-0.2, 0) is 34.6 Å². The van der Waals surface area contributed by atoms with Gasteiger partial charge in [0.25, 0.3) is 47.4 Å². The number of sulfone groups is 1. The Balaban J connectivity index is 0.000000205. The number of H-pyrrole nitrogens is 1. The number of morpholine rings is 1. The molecule has 24 nitrogen and oxygen atoms in total. The summed E-state index contributed by atoms with van der Waals surface area (Å²) in [6.45, 7) is 20.9. The SMILES string of the molecule is CC1(C)CCC(CN2CCN(c3ccc(C(=O)NS(=O)(=O)c4ccc(NCC5CCCCC5)c([N+](=O)[O-])c4)c(Oc4cnc5[nH]ccc5c4)c3)CC2)=C(c2ccc(Cl)cc2)C1.CC1(C)CCC(c2ccc(Cl)cc2)=C(CN2CCN(c3ccc(C(=O)NS(=O)(=O)c4ccc(N[C@H](CCN5CCOCC5)CSc5ccccc5)c(S(=O)(=O)C(F)(F)F)c4)cc3)CC2)C1. The van der Waals surface area contributed by atoms with E-state index in [2.05, 4.69) is 102 Å². The van der Waals surface area contributed by atoms with E-state index in [0.717, 1.165) is 175 Å². The minimum atomic E-state index is -6.05. The number of amides is 2. The van der Waals surface area contributed by atoms with Crippen molar-refractivity contribution in [1.29, 1.82) is 0 Å². The Labute approximate surface area is 749 Å². The van der Waals surface area contributed by atoms with Crippen molar-refractivity contribution >= 4 is 127 Å². The fourth-order valence-electron chi connectivity index (χ4n) is 17.3. The molecule has 3 saturated heterocycles. The largest absolute Gasteiger partial charge is 0.501 e. The number of nitrogens with zero attached hydrogens (tertiary/aromatic N) is 7. The van der Waals surface area contributed by atoms with E-state index in [1.165, 1.54) is 82.1 Å². The average molecular weight is 1840 g/mol. The van der Waals surface area contributed by atoms with Gasteiger partial charge in [0, 0.05) is 159 Å². The highest BCUT2D eigenvalue weighted by atomic mass is 35.5. The third-order valence-electron chi connectivity index (χ3n) is 24.5. The van der Waals surface area contributed by atoms with Crippen molar-refractivity contribution in [3.05, 3.63) is 236 Å². The summed E-state index contributed by atoms with van der Waals surface area (Å²) in [6, 6.07) is 46.3. The smallest absolute Gasteiger partial charge is 0.455 e. The number of ether oxygens (including phenoxy) is 2. The van der Waals surface area contributed by atoms with Gasteiger partial charge in [0.1, 0.15) is 27.7 Å². The van der Waals surface area contributed by atoms with Gasteiger partial charge in [-0.1, -0.05) is 124 Å². The van der Waals surface area contributed by atoms with E-state index >= 15 is 0 Å². The first-order chi connectivity index (χ1) is 60.2. The van der Waals surface area contributed by atoms with E-state index in [1.54, 1.807) is 42.6 Å². The van der Waals surface area contributed by atoms with Gasteiger partial charge in [0.15, 0.2) is 0 Å². The number of nitro benzene ring substituents is 1. The number of alkyl halides is 3. The highest BCUT2D eigenvalue weighted by Crippen LogP contribution is 2.46. The van der Waals surface area contributed by atoms with Gasteiger partial charge in [-0.15, -0.1) is 11.8 Å². The summed E-state index contributed by atoms with van der Waals surface area (Å²) in [5.41, 5.74) is 4.65. The number of carbonyl (C=O) groups excluding carboxylic acids is 2. The topological polar surface area (TPSA) is 291 Å². The molecule has 4 fully saturated rings. The molecule has 3 aliphatic heterocycles. The van der Waals surface area contributed by atoms with Crippen LogP contribution in [-0.4, -0.2) is 189 Å². The summed E-state index contributed by atoms with van der Waals surface area (Å²) in [5, 5.41) is 20.5. The number of carbonyl (C=O) groups is 2. The summed E-state index contributed by atoms with van der Waals surface area (Å²) in [7, 11) is -15.4. The minimum absolute atomic E-state index is 0.00186. The first kappa shape index (κ1) is 92.6. The summed E-state index contributed by atoms with van der Waals surface area (Å²) in [6.07, 6.45) is 15.6. The van der Waals surface area contributed by atoms with Crippen molar-refractivity contribution < 1.29 is 62.4 Å². The highest BCUT2D eigenvalue weighted by molar-refractivity contribution is 7.99. The first-order valence-corrected chi connectivity index (χ1v) is 49.0. The van der Waals surface area contributed by atoms with E-state index < -0.39 is 78.5 Å². The van der Waals surface area contributed by atoms with Gasteiger partial charge >= 0.3 is 5.51 Å². The van der Waals surface area contributed by atoms with Crippen LogP contribution in [0.4, 0.5) is 41.6 Å². The summed E-state index contributed by atoms with van der Waals surface area (Å²) in [5.74, 6) is -0.696. The minimum Gasteiger partial charge on any atom is -0.455 e. The number of rotatable bonds is 29. The van der Waals surface area contributed by atoms with Crippen molar-refractivity contribution in [1.82, 2.24) is 34.1 Å². The Morgan fingerprint density at radius 3 is 1.87 bits per heavy atom. The number of thioether (sulfide) groups is 1. The molecule has 3 aliphatic carbocycles. The number of sulfonamides is 2. The quantitative estimate of drug-likeness (QED) is 0.0165. The van der Waals surface area contributed by atoms with Gasteiger partial charge in [-0.3, -0.25) is 34.4 Å². The molecule has 0 unspecified atom stereocenters. The lowest BCUT2D eigenvalue weighted by Crippen LogP contribution is -2.47. The molecule has 15 rings (SSSR count). The molecule has 33 heteroatoms. The van der Waals surface area contributed by atoms with Crippen LogP contribution in [0.25, 0.3) is 22.2 Å². The molecular weight excluding hydrogens is 1730 g/mol. The zero-order valence-electron chi connectivity index (χ0n) is 71.0. The van der Waals surface area contributed by atoms with Crippen molar-refractivity contribution in [3.63, 3.8) is 0 Å². The first-order valence-electron chi connectivity index (χ1n) is 42.8. The molecule has 5 N–H and O–H groups in total. The van der Waals surface area contributed by atoms with Gasteiger partial charge < -0.3 is 34.9 Å². The Hall–Kier alpha value is -9.54. The highest BCUT2D eigenvalue weighted by Gasteiger charge is 2.49. The fraction of sp³-hybridized carbons (Fsp3) is 0.409. The lowest BCUT2D eigenvalue weighted by atomic mass is 9.72. The number of hydrogen-bond donors (Lipinski definition) is 5. The van der Waals surface area contributed by atoms with Crippen molar-refractivity contribution in [2.45, 2.75) is 136 Å². The molecule has 2 aromatic heterocycles. The van der Waals surface area contributed by atoms with E-state index in [4.69, 9.17) is 32.7 Å². The lowest BCUT2D eigenvalue weighted by molar-refractivity contribution is -0.384. The van der Waals surface area contributed by atoms with Gasteiger partial charge in [0.2, 0.25) is 0 Å². The maximum absolute atomic E-state index is 14.2. The molecule has 5 heterocycles. The van der Waals surface area contributed by atoms with Crippen molar-refractivity contribution in [2.24, 2.45) is 16.7 Å². The maximum Gasteiger partial charge on any atom is 0.501 e. The zero-order valence-corrected chi connectivity index (χ0v) is 75.8. The summed E-state index contributed by atoms with van der Waals surface area (Å²) < 4.78 is 139. The molecule has 670 valence electrons. The number of halogens is 5. The lowest BCUT2D eigenvalue weighted by Gasteiger charge is -2.39. The molecule has 1 atom stereocenters. The molecule has 126 heavy (non-hydrogen) atoms. The fourth-order valence-corrected chi connectivity index (χ4v) is 21.6. The molecule has 1 saturated carbocycles. The van der Waals surface area contributed by atoms with E-state index in [-0.39, 0.29) is 39.1 Å². The van der Waals surface area contributed by atoms with Gasteiger partial charge in [-0.05, 0) is 212 Å². The van der Waals surface area contributed by atoms with Crippen LogP contribution in [0.5, 0.6) is 11.5 Å². The number of hydrogen-bond acceptors (Lipinski definition) is 21. The van der Waals surface area contributed by atoms with Gasteiger partial charge in [-0.2, -0.15) is 13.2 Å². The maximum atomic E-state index is 14.2. The second-order valence-electron chi connectivity index (χ2n) is 34.8. The number of nitrogens with one attached hydrogen (secondary N) is 5. The third-order valence-corrected chi connectivity index (χ3v) is 30.4. The van der Waals surface area contributed by atoms with E-state index in [1.807, 2.05) is 65.4 Å². The Kier molecular flexibility index (Phi) is 29.7. The Bertz CT molecular complexity index is 5810. The molecule has 0 spiro atoms. The van der Waals surface area contributed by atoms with Crippen LogP contribution in [0.1, 0.15) is 137 Å². The third kappa shape index (κ3) is 23.9. The van der Waals surface area contributed by atoms with Gasteiger partial charge in [-0.25, -0.2) is 39.7 Å². The second-order valence-corrected chi connectivity index (χ2v) is 42.0. The van der Waals surface area contributed by atoms with E-state index in [0.29, 0.717) is 80.0 Å². The summed E-state index contributed by atoms with van der Waals surface area (Å²) >= 11 is 13.9. The van der Waals surface area contributed by atoms with E-state index in [9.17, 15) is 58.1 Å². The second kappa shape index (κ2) is 40.4. The van der Waals surface area contributed by atoms with Crippen LogP contribution in [0.2, 0.25) is 10.0 Å². The van der Waals surface area contributed by atoms with Crippen LogP contribution in [0.3, 0.4) is 0 Å². The standard InChI is InChI=1S/C47H55ClF3N5O6S3.C46H52ClN7O6S/c1-46(2)20-18-42(34-8-12-37(48)13-9-34)36(31-46)32-55-22-24-56(25-23-55)39-14-10-35(11-15-39)45(57)53-65(60,61)41-16-17-43(44(30-41)64(58,59)47(49,50)51)52-38(19-21-54-26-28-62-29-27-54)33-63-40-6-4-3-5-7-40;1-46(2)18-16-34(40(27-46)32-8-10-35(47)11-9-32)30-52-20-22-53(23-21-52)36-12-14-39(43(25-36)60-37-24-33-17-19-48-44(33)50-29-37)45(55)51-61(58,59)38-13-15-41(42(26-38)54(56)57)49-28-31-6-4-3-5-7-31/h3-17,30,38,52H,18-29,31-33H2,1-2H3,(H,53,57);8-15,17,19,24-26,29,31,49H,3-7,16,18,20-23,27-28,30H2,1-2H3,(H,48,50)(H,51,55)/t38-;/m1./s1. The monoisotopic (exact) mass is 1840 g/mol. The number of piperazine rings is 2. The van der Waals surface area contributed by atoms with Crippen LogP contribution in [0.15, 0.2) is 213 Å². The Morgan fingerprint density at radius 1 is 0.643 bits per heavy atom. The molecule has 0 radical (unpaired) electrons. The van der Waals surface area contributed by atoms with Crippen LogP contribution < -0.4 is 34.6 Å². The number of fused-ring (bicyclic) bond motifs is 1. The normalized spacial score (nSPS) is 18.0. The molecule has 6 aliphatic rings. The number of pyridine rings is 1. The number of nitro groups is 1. The number of benzene rings is 7. The van der Waals surface area contributed by atoms with Crippen LogP contribution in [0, 0.1) is 26.9 Å². The molecule has 2 amide bonds. The summed E-state index contributed by atoms with van der Waals surface area (Å²) in [4.78, 5) is 56.2.